The van der Waals surface area contributed by atoms with Gasteiger partial charge < -0.3 is 5.32 Å². The molecule has 1 nitrogen and oxygen atoms in total. The molecule has 0 bridgehead atoms. The normalized spacial score (nSPS) is 11.0. The lowest BCUT2D eigenvalue weighted by Crippen LogP contribution is -2.05. The van der Waals surface area contributed by atoms with E-state index in [1.165, 1.54) is 21.9 Å². The van der Waals surface area contributed by atoms with Gasteiger partial charge in [-0.1, -0.05) is 60.1 Å². The van der Waals surface area contributed by atoms with E-state index in [-0.39, 0.29) is 0 Å². The number of aryl methyl sites for hydroxylation is 1. The molecule has 0 spiro atoms. The molecular weight excluding hydrogens is 278 g/mol. The van der Waals surface area contributed by atoms with Crippen LogP contribution in [0, 0.1) is 6.92 Å². The maximum absolute atomic E-state index is 6.40. The summed E-state index contributed by atoms with van der Waals surface area (Å²) >= 11 is 6.40. The fourth-order valence-corrected chi connectivity index (χ4v) is 3.00. The number of halogens is 1. The van der Waals surface area contributed by atoms with Crippen LogP contribution in [0.25, 0.3) is 21.9 Å². The second-order valence-corrected chi connectivity index (χ2v) is 5.72. The Balaban J connectivity index is 2.17. The van der Waals surface area contributed by atoms with E-state index >= 15 is 0 Å². The summed E-state index contributed by atoms with van der Waals surface area (Å²) in [6, 6.07) is 19.2. The molecule has 106 valence electrons. The molecule has 0 amide bonds. The van der Waals surface area contributed by atoms with Gasteiger partial charge in [0.15, 0.2) is 0 Å². The summed E-state index contributed by atoms with van der Waals surface area (Å²) in [4.78, 5) is 0. The molecule has 0 fully saturated rings. The van der Waals surface area contributed by atoms with Gasteiger partial charge in [0.2, 0.25) is 0 Å². The van der Waals surface area contributed by atoms with E-state index in [1.807, 2.05) is 7.05 Å². The number of rotatable bonds is 3. The van der Waals surface area contributed by atoms with Crippen molar-refractivity contribution in [3.63, 3.8) is 0 Å². The molecule has 21 heavy (non-hydrogen) atoms. The predicted molar refractivity (Wildman–Crippen MR) is 91.9 cm³/mol. The second-order valence-electron chi connectivity index (χ2n) is 5.31. The first-order valence-electron chi connectivity index (χ1n) is 7.12. The predicted octanol–water partition coefficient (Wildman–Crippen LogP) is 5.19. The van der Waals surface area contributed by atoms with E-state index in [1.54, 1.807) is 0 Å². The summed E-state index contributed by atoms with van der Waals surface area (Å²) in [6.45, 7) is 2.93. The lowest BCUT2D eigenvalue weighted by atomic mass is 9.95. The first-order chi connectivity index (χ1) is 10.2. The molecule has 0 unspecified atom stereocenters. The van der Waals surface area contributed by atoms with Crippen molar-refractivity contribution in [1.29, 1.82) is 0 Å². The van der Waals surface area contributed by atoms with E-state index in [4.69, 9.17) is 11.6 Å². The molecule has 0 saturated heterocycles. The Hall–Kier alpha value is -1.83. The van der Waals surface area contributed by atoms with Gasteiger partial charge in [0.05, 0.1) is 0 Å². The third kappa shape index (κ3) is 2.67. The van der Waals surface area contributed by atoms with Crippen molar-refractivity contribution in [2.24, 2.45) is 0 Å². The minimum atomic E-state index is 0.785. The topological polar surface area (TPSA) is 12.0 Å². The standard InChI is InChI=1S/C19H18ClN/c1-13-7-10-17(18-6-4-3-5-16(13)18)14-8-9-15(12-21-2)19(20)11-14/h3-11,21H,12H2,1-2H3. The van der Waals surface area contributed by atoms with Gasteiger partial charge in [0.1, 0.15) is 0 Å². The molecule has 3 rings (SSSR count). The van der Waals surface area contributed by atoms with Gasteiger partial charge in [-0.15, -0.1) is 0 Å². The second kappa shape index (κ2) is 5.88. The molecule has 0 saturated carbocycles. The van der Waals surface area contributed by atoms with Crippen LogP contribution in [0.2, 0.25) is 5.02 Å². The number of hydrogen-bond acceptors (Lipinski definition) is 1. The van der Waals surface area contributed by atoms with E-state index in [0.29, 0.717) is 0 Å². The molecule has 0 heterocycles. The fourth-order valence-electron chi connectivity index (χ4n) is 2.75. The molecule has 0 aliphatic rings. The van der Waals surface area contributed by atoms with Gasteiger partial charge in [-0.3, -0.25) is 0 Å². The molecule has 0 atom stereocenters. The third-order valence-electron chi connectivity index (χ3n) is 3.87. The molecule has 3 aromatic rings. The van der Waals surface area contributed by atoms with E-state index in [0.717, 1.165) is 22.7 Å². The largest absolute Gasteiger partial charge is 0.316 e. The Morgan fingerprint density at radius 1 is 0.952 bits per heavy atom. The lowest BCUT2D eigenvalue weighted by Gasteiger charge is -2.11. The van der Waals surface area contributed by atoms with Crippen LogP contribution in [0.5, 0.6) is 0 Å². The molecular formula is C19H18ClN. The molecule has 0 aliphatic carbocycles. The number of hydrogen-bond donors (Lipinski definition) is 1. The minimum Gasteiger partial charge on any atom is -0.316 e. The summed E-state index contributed by atoms with van der Waals surface area (Å²) in [6.07, 6.45) is 0. The maximum atomic E-state index is 6.40. The van der Waals surface area contributed by atoms with Crippen LogP contribution in [0.3, 0.4) is 0 Å². The molecule has 1 N–H and O–H groups in total. The van der Waals surface area contributed by atoms with Gasteiger partial charge >= 0.3 is 0 Å². The lowest BCUT2D eigenvalue weighted by molar-refractivity contribution is 0.818. The maximum Gasteiger partial charge on any atom is 0.0457 e. The highest BCUT2D eigenvalue weighted by atomic mass is 35.5. The quantitative estimate of drug-likeness (QED) is 0.701. The zero-order valence-electron chi connectivity index (χ0n) is 12.3. The molecule has 2 heteroatoms. The van der Waals surface area contributed by atoms with Crippen molar-refractivity contribution in [3.05, 3.63) is 70.7 Å². The van der Waals surface area contributed by atoms with Crippen molar-refractivity contribution in [2.45, 2.75) is 13.5 Å². The van der Waals surface area contributed by atoms with Crippen LogP contribution in [0.15, 0.2) is 54.6 Å². The Kier molecular flexibility index (Phi) is 3.96. The van der Waals surface area contributed by atoms with Gasteiger partial charge in [0.25, 0.3) is 0 Å². The number of fused-ring (bicyclic) bond motifs is 1. The summed E-state index contributed by atoms with van der Waals surface area (Å²) < 4.78 is 0. The molecule has 0 radical (unpaired) electrons. The van der Waals surface area contributed by atoms with Gasteiger partial charge in [0, 0.05) is 11.6 Å². The van der Waals surface area contributed by atoms with Crippen LogP contribution in [-0.2, 0) is 6.54 Å². The highest BCUT2D eigenvalue weighted by Gasteiger charge is 2.07. The number of benzene rings is 3. The van der Waals surface area contributed by atoms with E-state index in [9.17, 15) is 0 Å². The Labute approximate surface area is 130 Å². The summed E-state index contributed by atoms with van der Waals surface area (Å²) in [5, 5.41) is 6.52. The Bertz CT molecular complexity index is 793. The Morgan fingerprint density at radius 2 is 1.71 bits per heavy atom. The molecule has 0 aliphatic heterocycles. The van der Waals surface area contributed by atoms with Crippen molar-refractivity contribution in [2.75, 3.05) is 7.05 Å². The first-order valence-corrected chi connectivity index (χ1v) is 7.50. The highest BCUT2D eigenvalue weighted by Crippen LogP contribution is 2.32. The van der Waals surface area contributed by atoms with Crippen LogP contribution < -0.4 is 5.32 Å². The average molecular weight is 296 g/mol. The SMILES string of the molecule is CNCc1ccc(-c2ccc(C)c3ccccc23)cc1Cl. The van der Waals surface area contributed by atoms with E-state index < -0.39 is 0 Å². The van der Waals surface area contributed by atoms with Gasteiger partial charge in [-0.05, 0) is 53.1 Å². The van der Waals surface area contributed by atoms with Crippen LogP contribution >= 0.6 is 11.6 Å². The van der Waals surface area contributed by atoms with Gasteiger partial charge in [-0.25, -0.2) is 0 Å². The zero-order chi connectivity index (χ0) is 14.8. The highest BCUT2D eigenvalue weighted by molar-refractivity contribution is 6.31. The summed E-state index contributed by atoms with van der Waals surface area (Å²) in [7, 11) is 1.93. The van der Waals surface area contributed by atoms with Crippen molar-refractivity contribution in [3.8, 4) is 11.1 Å². The van der Waals surface area contributed by atoms with Crippen LogP contribution in [0.1, 0.15) is 11.1 Å². The minimum absolute atomic E-state index is 0.785. The summed E-state index contributed by atoms with van der Waals surface area (Å²) in [5.41, 5.74) is 4.82. The monoisotopic (exact) mass is 295 g/mol. The first kappa shape index (κ1) is 14.1. The summed E-state index contributed by atoms with van der Waals surface area (Å²) in [5.74, 6) is 0. The third-order valence-corrected chi connectivity index (χ3v) is 4.23. The average Bonchev–Trinajstić information content (AvgIpc) is 2.50. The fraction of sp³-hybridized carbons (Fsp3) is 0.158. The van der Waals surface area contributed by atoms with E-state index in [2.05, 4.69) is 66.8 Å². The smallest absolute Gasteiger partial charge is 0.0457 e. The van der Waals surface area contributed by atoms with Crippen molar-refractivity contribution < 1.29 is 0 Å². The number of nitrogens with one attached hydrogen (secondary N) is 1. The van der Waals surface area contributed by atoms with Crippen molar-refractivity contribution >= 4 is 22.4 Å². The zero-order valence-corrected chi connectivity index (χ0v) is 13.0. The van der Waals surface area contributed by atoms with Crippen LogP contribution in [-0.4, -0.2) is 7.05 Å². The van der Waals surface area contributed by atoms with Crippen molar-refractivity contribution in [1.82, 2.24) is 5.32 Å². The van der Waals surface area contributed by atoms with Crippen LogP contribution in [0.4, 0.5) is 0 Å². The molecule has 0 aromatic heterocycles. The Morgan fingerprint density at radius 3 is 2.43 bits per heavy atom. The van der Waals surface area contributed by atoms with Gasteiger partial charge in [-0.2, -0.15) is 0 Å². The molecule has 3 aromatic carbocycles.